The van der Waals surface area contributed by atoms with Crippen LogP contribution in [-0.2, 0) is 4.79 Å². The van der Waals surface area contributed by atoms with Crippen molar-refractivity contribution < 1.29 is 4.79 Å². The van der Waals surface area contributed by atoms with E-state index >= 15 is 0 Å². The first-order valence-electron chi connectivity index (χ1n) is 6.74. The van der Waals surface area contributed by atoms with Crippen LogP contribution in [0.15, 0.2) is 0 Å². The lowest BCUT2D eigenvalue weighted by Gasteiger charge is -2.06. The fourth-order valence-electron chi connectivity index (χ4n) is 1.91. The van der Waals surface area contributed by atoms with Gasteiger partial charge in [0.15, 0.2) is 0 Å². The monoisotopic (exact) mass is 212 g/mol. The maximum atomic E-state index is 10.3. The zero-order valence-corrected chi connectivity index (χ0v) is 10.6. The highest BCUT2D eigenvalue weighted by molar-refractivity contribution is 5.49. The summed E-state index contributed by atoms with van der Waals surface area (Å²) >= 11 is 0. The van der Waals surface area contributed by atoms with Gasteiger partial charge in [0.2, 0.25) is 0 Å². The van der Waals surface area contributed by atoms with E-state index in [1.165, 1.54) is 57.8 Å². The Hall–Kier alpha value is -0.330. The predicted octanol–water partition coefficient (Wildman–Crippen LogP) is 4.74. The molecule has 1 nitrogen and oxygen atoms in total. The molecule has 15 heavy (non-hydrogen) atoms. The van der Waals surface area contributed by atoms with Crippen molar-refractivity contribution in [2.45, 2.75) is 78.1 Å². The summed E-state index contributed by atoms with van der Waals surface area (Å²) in [5.41, 5.74) is 0. The maximum Gasteiger partial charge on any atom is 0.120 e. The summed E-state index contributed by atoms with van der Waals surface area (Å²) < 4.78 is 0. The van der Waals surface area contributed by atoms with Crippen molar-refractivity contribution in [1.29, 1.82) is 0 Å². The molecule has 0 aliphatic carbocycles. The lowest BCUT2D eigenvalue weighted by molar-refractivity contribution is -0.108. The van der Waals surface area contributed by atoms with Crippen LogP contribution in [0.2, 0.25) is 0 Å². The van der Waals surface area contributed by atoms with E-state index in [0.29, 0.717) is 5.92 Å². The summed E-state index contributed by atoms with van der Waals surface area (Å²) in [6, 6.07) is 0. The Kier molecular flexibility index (Phi) is 11.5. The van der Waals surface area contributed by atoms with Gasteiger partial charge in [-0.2, -0.15) is 0 Å². The maximum absolute atomic E-state index is 10.3. The van der Waals surface area contributed by atoms with E-state index in [1.807, 2.05) is 0 Å². The first kappa shape index (κ1) is 14.7. The minimum atomic E-state index is 0.600. The molecule has 0 amide bonds. The van der Waals surface area contributed by atoms with Crippen LogP contribution in [0.1, 0.15) is 78.1 Å². The van der Waals surface area contributed by atoms with Crippen molar-refractivity contribution in [2.24, 2.45) is 5.92 Å². The number of carbonyl (C=O) groups is 1. The second kappa shape index (κ2) is 11.7. The van der Waals surface area contributed by atoms with Crippen molar-refractivity contribution in [3.8, 4) is 0 Å². The smallest absolute Gasteiger partial charge is 0.120 e. The van der Waals surface area contributed by atoms with Crippen molar-refractivity contribution in [1.82, 2.24) is 0 Å². The Morgan fingerprint density at radius 1 is 0.933 bits per heavy atom. The van der Waals surface area contributed by atoms with Gasteiger partial charge in [-0.15, -0.1) is 0 Å². The van der Waals surface area contributed by atoms with Gasteiger partial charge >= 0.3 is 0 Å². The average molecular weight is 212 g/mol. The number of carbonyl (C=O) groups excluding carboxylic acids is 1. The number of aldehydes is 1. The molecule has 0 aliphatic rings. The van der Waals surface area contributed by atoms with Crippen LogP contribution in [0.25, 0.3) is 0 Å². The number of hydrogen-bond acceptors (Lipinski definition) is 1. The largest absolute Gasteiger partial charge is 0.303 e. The van der Waals surface area contributed by atoms with Crippen molar-refractivity contribution in [2.75, 3.05) is 0 Å². The molecule has 1 unspecified atom stereocenters. The van der Waals surface area contributed by atoms with Crippen LogP contribution in [0.3, 0.4) is 0 Å². The van der Waals surface area contributed by atoms with E-state index in [1.54, 1.807) is 0 Å². The lowest BCUT2D eigenvalue weighted by Crippen LogP contribution is -1.95. The van der Waals surface area contributed by atoms with Crippen LogP contribution in [0, 0.1) is 5.92 Å². The molecule has 0 bridgehead atoms. The van der Waals surface area contributed by atoms with Crippen molar-refractivity contribution in [3.05, 3.63) is 0 Å². The molecule has 0 radical (unpaired) electrons. The van der Waals surface area contributed by atoms with Crippen LogP contribution < -0.4 is 0 Å². The molecule has 0 heterocycles. The van der Waals surface area contributed by atoms with Gasteiger partial charge in [0.25, 0.3) is 0 Å². The molecule has 0 aliphatic heterocycles. The van der Waals surface area contributed by atoms with Gasteiger partial charge in [-0.3, -0.25) is 0 Å². The van der Waals surface area contributed by atoms with E-state index in [2.05, 4.69) is 13.8 Å². The molecule has 0 saturated heterocycles. The first-order valence-corrected chi connectivity index (χ1v) is 6.74. The molecule has 0 rings (SSSR count). The average Bonchev–Trinajstić information content (AvgIpc) is 2.22. The lowest BCUT2D eigenvalue weighted by atomic mass is 9.99. The number of rotatable bonds is 11. The quantitative estimate of drug-likeness (QED) is 0.357. The molecule has 1 atom stereocenters. The highest BCUT2D eigenvalue weighted by Crippen LogP contribution is 2.14. The molecule has 0 aromatic heterocycles. The third kappa shape index (κ3) is 11.6. The number of unbranched alkanes of at least 4 members (excludes halogenated alkanes) is 7. The third-order valence-electron chi connectivity index (χ3n) is 3.05. The highest BCUT2D eigenvalue weighted by atomic mass is 16.1. The molecule has 0 N–H and O–H groups in total. The Labute approximate surface area is 95.6 Å². The number of hydrogen-bond donors (Lipinski definition) is 0. The van der Waals surface area contributed by atoms with Crippen LogP contribution in [0.4, 0.5) is 0 Å². The Bertz CT molecular complexity index is 131. The summed E-state index contributed by atoms with van der Waals surface area (Å²) in [5.74, 6) is 0.600. The standard InChI is InChI=1S/C14H28O/c1-3-4-5-6-7-8-9-10-11-14(2)12-13-15/h13-14H,3-12H2,1-2H3. The van der Waals surface area contributed by atoms with Gasteiger partial charge in [0, 0.05) is 6.42 Å². The van der Waals surface area contributed by atoms with E-state index < -0.39 is 0 Å². The van der Waals surface area contributed by atoms with Crippen LogP contribution >= 0.6 is 0 Å². The normalized spacial score (nSPS) is 12.7. The Morgan fingerprint density at radius 2 is 1.47 bits per heavy atom. The Balaban J connectivity index is 3.01. The first-order chi connectivity index (χ1) is 7.31. The predicted molar refractivity (Wildman–Crippen MR) is 67.1 cm³/mol. The summed E-state index contributed by atoms with van der Waals surface area (Å²) in [7, 11) is 0. The van der Waals surface area contributed by atoms with E-state index in [9.17, 15) is 4.79 Å². The minimum absolute atomic E-state index is 0.600. The van der Waals surface area contributed by atoms with E-state index in [4.69, 9.17) is 0 Å². The van der Waals surface area contributed by atoms with Gasteiger partial charge in [-0.1, -0.05) is 71.6 Å². The van der Waals surface area contributed by atoms with E-state index in [0.717, 1.165) is 12.7 Å². The van der Waals surface area contributed by atoms with Gasteiger partial charge in [-0.25, -0.2) is 0 Å². The molecule has 0 aromatic rings. The molecular formula is C14H28O. The van der Waals surface area contributed by atoms with Gasteiger partial charge in [0.05, 0.1) is 0 Å². The van der Waals surface area contributed by atoms with Crippen LogP contribution in [-0.4, -0.2) is 6.29 Å². The van der Waals surface area contributed by atoms with Crippen molar-refractivity contribution in [3.63, 3.8) is 0 Å². The topological polar surface area (TPSA) is 17.1 Å². The zero-order chi connectivity index (χ0) is 11.4. The SMILES string of the molecule is CCCCCCCCCCC(C)CC=O. The van der Waals surface area contributed by atoms with Crippen molar-refractivity contribution >= 4 is 6.29 Å². The molecule has 0 spiro atoms. The van der Waals surface area contributed by atoms with E-state index in [-0.39, 0.29) is 0 Å². The molecule has 0 fully saturated rings. The molecular weight excluding hydrogens is 184 g/mol. The zero-order valence-electron chi connectivity index (χ0n) is 10.6. The Morgan fingerprint density at radius 3 is 2.00 bits per heavy atom. The van der Waals surface area contributed by atoms with Gasteiger partial charge in [-0.05, 0) is 5.92 Å². The van der Waals surface area contributed by atoms with Gasteiger partial charge in [0.1, 0.15) is 6.29 Å². The molecule has 1 heteroatoms. The summed E-state index contributed by atoms with van der Waals surface area (Å²) in [4.78, 5) is 10.3. The van der Waals surface area contributed by atoms with Gasteiger partial charge < -0.3 is 4.79 Å². The highest BCUT2D eigenvalue weighted by Gasteiger charge is 2.00. The molecule has 90 valence electrons. The summed E-state index contributed by atoms with van der Waals surface area (Å²) in [6.07, 6.45) is 14.0. The fraction of sp³-hybridized carbons (Fsp3) is 0.929. The molecule has 0 aromatic carbocycles. The van der Waals surface area contributed by atoms with Crippen LogP contribution in [0.5, 0.6) is 0 Å². The summed E-state index contributed by atoms with van der Waals surface area (Å²) in [5, 5.41) is 0. The second-order valence-electron chi connectivity index (χ2n) is 4.77. The summed E-state index contributed by atoms with van der Waals surface area (Å²) in [6.45, 7) is 4.43. The molecule has 0 saturated carbocycles. The second-order valence-corrected chi connectivity index (χ2v) is 4.77. The fourth-order valence-corrected chi connectivity index (χ4v) is 1.91. The minimum Gasteiger partial charge on any atom is -0.303 e. The third-order valence-corrected chi connectivity index (χ3v) is 3.05.